The lowest BCUT2D eigenvalue weighted by atomic mass is 9.96. The quantitative estimate of drug-likeness (QED) is 0.617. The molecule has 0 saturated carbocycles. The van der Waals surface area contributed by atoms with E-state index < -0.39 is 6.61 Å². The van der Waals surface area contributed by atoms with Crippen LogP contribution < -0.4 is 4.74 Å². The molecule has 158 valence electrons. The van der Waals surface area contributed by atoms with Crippen LogP contribution in [0.3, 0.4) is 0 Å². The summed E-state index contributed by atoms with van der Waals surface area (Å²) in [6.45, 7) is 0.220. The van der Waals surface area contributed by atoms with Crippen molar-refractivity contribution >= 4 is 33.8 Å². The highest BCUT2D eigenvalue weighted by molar-refractivity contribution is 9.10. The van der Waals surface area contributed by atoms with Crippen LogP contribution in [0.25, 0.3) is 6.08 Å². The highest BCUT2D eigenvalue weighted by Gasteiger charge is 2.31. The molecule has 0 bridgehead atoms. The van der Waals surface area contributed by atoms with Crippen molar-refractivity contribution in [3.63, 3.8) is 0 Å². The second-order valence-electron chi connectivity index (χ2n) is 6.96. The number of morpholine rings is 1. The van der Waals surface area contributed by atoms with Crippen molar-refractivity contribution in [3.8, 4) is 5.75 Å². The number of alkyl halides is 2. The number of nitrogens with zero attached hydrogens (tertiary/aromatic N) is 2. The van der Waals surface area contributed by atoms with E-state index in [-0.39, 0.29) is 23.5 Å². The summed E-state index contributed by atoms with van der Waals surface area (Å²) in [5, 5.41) is 0. The number of carbonyl (C=O) groups excluding carboxylic acids is 2. The number of halogens is 3. The van der Waals surface area contributed by atoms with Crippen LogP contribution in [-0.2, 0) is 14.3 Å². The molecule has 2 saturated heterocycles. The van der Waals surface area contributed by atoms with E-state index >= 15 is 0 Å². The Morgan fingerprint density at radius 2 is 1.97 bits per heavy atom. The molecule has 2 amide bonds. The van der Waals surface area contributed by atoms with Gasteiger partial charge in [-0.3, -0.25) is 9.59 Å². The first kappa shape index (κ1) is 21.7. The van der Waals surface area contributed by atoms with Gasteiger partial charge in [0.25, 0.3) is 0 Å². The van der Waals surface area contributed by atoms with Gasteiger partial charge in [0.15, 0.2) is 0 Å². The smallest absolute Gasteiger partial charge is 0.387 e. The van der Waals surface area contributed by atoms with E-state index in [4.69, 9.17) is 4.74 Å². The molecule has 1 unspecified atom stereocenters. The van der Waals surface area contributed by atoms with Gasteiger partial charge in [-0.2, -0.15) is 8.78 Å². The zero-order chi connectivity index (χ0) is 20.8. The first-order valence-corrected chi connectivity index (χ1v) is 10.3. The van der Waals surface area contributed by atoms with Crippen LogP contribution in [0.15, 0.2) is 28.7 Å². The van der Waals surface area contributed by atoms with Crippen molar-refractivity contribution in [3.05, 3.63) is 34.3 Å². The van der Waals surface area contributed by atoms with Crippen LogP contribution in [0, 0.1) is 5.92 Å². The van der Waals surface area contributed by atoms with E-state index in [1.165, 1.54) is 18.2 Å². The van der Waals surface area contributed by atoms with Gasteiger partial charge in [0.05, 0.1) is 19.1 Å². The van der Waals surface area contributed by atoms with Crippen LogP contribution in [0.4, 0.5) is 8.78 Å². The van der Waals surface area contributed by atoms with Gasteiger partial charge in [-0.25, -0.2) is 0 Å². The molecule has 2 aliphatic rings. The first-order chi connectivity index (χ1) is 13.9. The molecule has 1 aromatic rings. The molecule has 1 atom stereocenters. The Morgan fingerprint density at radius 1 is 1.21 bits per heavy atom. The second kappa shape index (κ2) is 10.2. The summed E-state index contributed by atoms with van der Waals surface area (Å²) < 4.78 is 35.6. The van der Waals surface area contributed by atoms with E-state index in [1.807, 2.05) is 0 Å². The Balaban J connectivity index is 1.64. The Morgan fingerprint density at radius 3 is 2.69 bits per heavy atom. The van der Waals surface area contributed by atoms with E-state index in [9.17, 15) is 18.4 Å². The van der Waals surface area contributed by atoms with Gasteiger partial charge < -0.3 is 19.3 Å². The fourth-order valence-electron chi connectivity index (χ4n) is 3.54. The summed E-state index contributed by atoms with van der Waals surface area (Å²) in [5.41, 5.74) is 0.367. The molecule has 9 heteroatoms. The van der Waals surface area contributed by atoms with Crippen LogP contribution >= 0.6 is 15.9 Å². The molecule has 0 aromatic heterocycles. The van der Waals surface area contributed by atoms with E-state index in [0.29, 0.717) is 49.4 Å². The second-order valence-corrected chi connectivity index (χ2v) is 7.87. The molecule has 0 aliphatic carbocycles. The number of benzene rings is 1. The monoisotopic (exact) mass is 472 g/mol. The van der Waals surface area contributed by atoms with Gasteiger partial charge in [-0.05, 0) is 37.1 Å². The maximum absolute atomic E-state index is 12.7. The van der Waals surface area contributed by atoms with Crippen molar-refractivity contribution in [2.45, 2.75) is 19.5 Å². The maximum atomic E-state index is 12.7. The lowest BCUT2D eigenvalue weighted by Crippen LogP contribution is -2.49. The number of ether oxygens (including phenoxy) is 2. The third-order valence-corrected chi connectivity index (χ3v) is 5.49. The fraction of sp³-hybridized carbons (Fsp3) is 0.500. The minimum Gasteiger partial charge on any atom is -0.434 e. The summed E-state index contributed by atoms with van der Waals surface area (Å²) in [6.07, 6.45) is 4.29. The van der Waals surface area contributed by atoms with Gasteiger partial charge in [-0.15, -0.1) is 0 Å². The SMILES string of the molecule is O=C(/C=C/c1cc(Br)ccc1OC(F)F)N1CCCC(C(=O)N2CCOCC2)C1. The van der Waals surface area contributed by atoms with Gasteiger partial charge in [-0.1, -0.05) is 15.9 Å². The summed E-state index contributed by atoms with van der Waals surface area (Å²) in [5.74, 6) is -0.420. The Kier molecular flexibility index (Phi) is 7.60. The number of rotatable bonds is 5. The van der Waals surface area contributed by atoms with Crippen LogP contribution in [-0.4, -0.2) is 67.6 Å². The maximum Gasteiger partial charge on any atom is 0.387 e. The van der Waals surface area contributed by atoms with Crippen molar-refractivity contribution < 1.29 is 27.8 Å². The van der Waals surface area contributed by atoms with Crippen LogP contribution in [0.5, 0.6) is 5.75 Å². The molecule has 2 aliphatic heterocycles. The summed E-state index contributed by atoms with van der Waals surface area (Å²) in [4.78, 5) is 28.8. The molecule has 29 heavy (non-hydrogen) atoms. The number of hydrogen-bond donors (Lipinski definition) is 0. The number of amides is 2. The molecule has 6 nitrogen and oxygen atoms in total. The van der Waals surface area contributed by atoms with Gasteiger partial charge in [0.1, 0.15) is 5.75 Å². The zero-order valence-electron chi connectivity index (χ0n) is 15.9. The molecule has 2 heterocycles. The lowest BCUT2D eigenvalue weighted by molar-refractivity contribution is -0.143. The topological polar surface area (TPSA) is 59.1 Å². The third kappa shape index (κ3) is 5.99. The van der Waals surface area contributed by atoms with E-state index in [2.05, 4.69) is 20.7 Å². The number of hydrogen-bond acceptors (Lipinski definition) is 4. The molecule has 3 rings (SSSR count). The van der Waals surface area contributed by atoms with E-state index in [0.717, 1.165) is 12.8 Å². The largest absolute Gasteiger partial charge is 0.434 e. The molecule has 1 aromatic carbocycles. The third-order valence-electron chi connectivity index (χ3n) is 5.00. The summed E-state index contributed by atoms with van der Waals surface area (Å²) >= 11 is 3.28. The summed E-state index contributed by atoms with van der Waals surface area (Å²) in [7, 11) is 0. The Labute approximate surface area is 176 Å². The van der Waals surface area contributed by atoms with Crippen molar-refractivity contribution in [2.24, 2.45) is 5.92 Å². The highest BCUT2D eigenvalue weighted by Crippen LogP contribution is 2.26. The zero-order valence-corrected chi connectivity index (χ0v) is 17.4. The normalized spacial score (nSPS) is 20.3. The first-order valence-electron chi connectivity index (χ1n) is 9.52. The van der Waals surface area contributed by atoms with Gasteiger partial charge in [0.2, 0.25) is 11.8 Å². The Hall–Kier alpha value is -2.00. The highest BCUT2D eigenvalue weighted by atomic mass is 79.9. The van der Waals surface area contributed by atoms with Crippen molar-refractivity contribution in [1.29, 1.82) is 0 Å². The molecule has 0 spiro atoms. The molecule has 2 fully saturated rings. The van der Waals surface area contributed by atoms with Gasteiger partial charge >= 0.3 is 6.61 Å². The van der Waals surface area contributed by atoms with Crippen LogP contribution in [0.1, 0.15) is 18.4 Å². The van der Waals surface area contributed by atoms with Crippen molar-refractivity contribution in [1.82, 2.24) is 9.80 Å². The average molecular weight is 473 g/mol. The predicted molar refractivity (Wildman–Crippen MR) is 107 cm³/mol. The molecular weight excluding hydrogens is 450 g/mol. The number of carbonyl (C=O) groups is 2. The minimum absolute atomic E-state index is 0.00809. The van der Waals surface area contributed by atoms with Crippen molar-refractivity contribution in [2.75, 3.05) is 39.4 Å². The standard InChI is InChI=1S/C20H23BrF2N2O4/c21-16-4-5-17(29-20(22)23)14(12-16)3-6-18(26)25-7-1-2-15(13-25)19(27)24-8-10-28-11-9-24/h3-6,12,15,20H,1-2,7-11,13H2/b6-3+. The molecule has 0 N–H and O–H groups in total. The fourth-order valence-corrected chi connectivity index (χ4v) is 3.92. The average Bonchev–Trinajstić information content (AvgIpc) is 2.73. The number of likely N-dealkylation sites (tertiary alicyclic amines) is 1. The molecule has 0 radical (unpaired) electrons. The lowest BCUT2D eigenvalue weighted by Gasteiger charge is -2.35. The van der Waals surface area contributed by atoms with Crippen LogP contribution in [0.2, 0.25) is 0 Å². The minimum atomic E-state index is -2.95. The van der Waals surface area contributed by atoms with Gasteiger partial charge in [0, 0.05) is 42.3 Å². The number of piperidine rings is 1. The predicted octanol–water partition coefficient (Wildman–Crippen LogP) is 3.16. The van der Waals surface area contributed by atoms with E-state index in [1.54, 1.807) is 21.9 Å². The summed E-state index contributed by atoms with van der Waals surface area (Å²) in [6, 6.07) is 4.60. The Bertz CT molecular complexity index is 769. The molecular formula is C20H23BrF2N2O4.